The Balaban J connectivity index is 1.28. The molecule has 2 aromatic carbocycles. The minimum absolute atomic E-state index is 0.367. The van der Waals surface area contributed by atoms with Crippen LogP contribution in [0.3, 0.4) is 0 Å². The molecule has 4 aliphatic rings. The molecule has 192 valence electrons. The lowest BCUT2D eigenvalue weighted by Gasteiger charge is -2.28. The molecule has 4 unspecified atom stereocenters. The Labute approximate surface area is 225 Å². The van der Waals surface area contributed by atoms with Crippen molar-refractivity contribution < 1.29 is 0 Å². The predicted octanol–water partition coefficient (Wildman–Crippen LogP) is 9.99. The average molecular weight is 489 g/mol. The lowest BCUT2D eigenvalue weighted by molar-refractivity contribution is 0.277. The largest absolute Gasteiger partial charge is 0.0986 e. The zero-order valence-corrected chi connectivity index (χ0v) is 23.3. The van der Waals surface area contributed by atoms with E-state index >= 15 is 0 Å². The molecule has 0 heterocycles. The van der Waals surface area contributed by atoms with Crippen LogP contribution in [-0.2, 0) is 12.8 Å². The van der Waals surface area contributed by atoms with Crippen LogP contribution in [0.2, 0.25) is 0 Å². The molecule has 0 heteroatoms. The Morgan fingerprint density at radius 2 is 1.68 bits per heavy atom. The van der Waals surface area contributed by atoms with Gasteiger partial charge in [-0.05, 0) is 109 Å². The molecule has 0 saturated heterocycles. The maximum absolute atomic E-state index is 4.45. The van der Waals surface area contributed by atoms with E-state index in [4.69, 9.17) is 0 Å². The number of allylic oxidation sites excluding steroid dienone is 5. The molecular weight excluding hydrogens is 444 g/mol. The first-order valence-corrected chi connectivity index (χ1v) is 14.8. The van der Waals surface area contributed by atoms with Crippen molar-refractivity contribution >= 4 is 6.08 Å². The van der Waals surface area contributed by atoms with Crippen LogP contribution >= 0.6 is 0 Å². The van der Waals surface area contributed by atoms with E-state index in [9.17, 15) is 0 Å². The topological polar surface area (TPSA) is 0 Å². The molecule has 0 amide bonds. The lowest BCUT2D eigenvalue weighted by Crippen LogP contribution is -2.15. The average Bonchev–Trinajstić information content (AvgIpc) is 3.48. The molecule has 0 aliphatic heterocycles. The molecule has 0 nitrogen and oxygen atoms in total. The Bertz CT molecular complexity index is 1280. The molecule has 4 aliphatic carbocycles. The smallest absolute Gasteiger partial charge is 0.00826 e. The molecule has 6 rings (SSSR count). The Morgan fingerprint density at radius 1 is 0.919 bits per heavy atom. The van der Waals surface area contributed by atoms with Crippen LogP contribution in [0.4, 0.5) is 0 Å². The zero-order valence-electron chi connectivity index (χ0n) is 23.3. The van der Waals surface area contributed by atoms with E-state index in [2.05, 4.69) is 82.5 Å². The van der Waals surface area contributed by atoms with Gasteiger partial charge in [-0.2, -0.15) is 0 Å². The molecule has 0 spiro atoms. The van der Waals surface area contributed by atoms with Crippen molar-refractivity contribution in [2.24, 2.45) is 29.6 Å². The van der Waals surface area contributed by atoms with Crippen LogP contribution in [0.15, 0.2) is 72.4 Å². The highest BCUT2D eigenvalue weighted by Crippen LogP contribution is 2.48. The predicted molar refractivity (Wildman–Crippen MR) is 160 cm³/mol. The van der Waals surface area contributed by atoms with Crippen molar-refractivity contribution in [3.63, 3.8) is 0 Å². The van der Waals surface area contributed by atoms with E-state index in [-0.39, 0.29) is 0 Å². The minimum Gasteiger partial charge on any atom is -0.0986 e. The second-order valence-corrected chi connectivity index (χ2v) is 12.9. The standard InChI is InChI=1S/C37H44/c1-23-15-26(4)35(21-28-17-30-9-6-7-10-31(30)18-28)37(16-23)33-12-8-11-32-19-29(22-36(32)33)20-34-25(3)14-13-24(2)27(34)5/h8,11-16,19,24,28,30-31,34H,3,5-7,9-10,17-18,20-22H2,1-2,4H3/t24?,28?,30-,31?,34?/m1/s1. The molecule has 2 fully saturated rings. The summed E-state index contributed by atoms with van der Waals surface area (Å²) in [6, 6.07) is 11.9. The van der Waals surface area contributed by atoms with Gasteiger partial charge in [0.05, 0.1) is 0 Å². The maximum atomic E-state index is 4.45. The number of benzene rings is 2. The summed E-state index contributed by atoms with van der Waals surface area (Å²) < 4.78 is 0. The molecule has 0 N–H and O–H groups in total. The van der Waals surface area contributed by atoms with Crippen molar-refractivity contribution in [1.29, 1.82) is 0 Å². The summed E-state index contributed by atoms with van der Waals surface area (Å²) in [5.41, 5.74) is 14.5. The van der Waals surface area contributed by atoms with E-state index in [0.29, 0.717) is 11.8 Å². The van der Waals surface area contributed by atoms with Gasteiger partial charge in [0.2, 0.25) is 0 Å². The van der Waals surface area contributed by atoms with E-state index < -0.39 is 0 Å². The normalized spacial score (nSPS) is 28.8. The number of fused-ring (bicyclic) bond motifs is 2. The van der Waals surface area contributed by atoms with Gasteiger partial charge < -0.3 is 0 Å². The van der Waals surface area contributed by atoms with Gasteiger partial charge in [-0.15, -0.1) is 0 Å². The lowest BCUT2D eigenvalue weighted by atomic mass is 9.77. The first-order chi connectivity index (χ1) is 17.9. The fourth-order valence-corrected chi connectivity index (χ4v) is 8.23. The van der Waals surface area contributed by atoms with Gasteiger partial charge >= 0.3 is 0 Å². The van der Waals surface area contributed by atoms with Gasteiger partial charge in [-0.3, -0.25) is 0 Å². The van der Waals surface area contributed by atoms with E-state index in [1.54, 1.807) is 5.56 Å². The first kappa shape index (κ1) is 24.7. The summed E-state index contributed by atoms with van der Waals surface area (Å²) in [6.45, 7) is 15.7. The fourth-order valence-electron chi connectivity index (χ4n) is 8.23. The van der Waals surface area contributed by atoms with Crippen LogP contribution in [0.5, 0.6) is 0 Å². The molecule has 2 aromatic rings. The summed E-state index contributed by atoms with van der Waals surface area (Å²) in [5.74, 6) is 3.67. The van der Waals surface area contributed by atoms with Crippen molar-refractivity contribution in [3.05, 3.63) is 100 Å². The Hall–Kier alpha value is -2.60. The van der Waals surface area contributed by atoms with Gasteiger partial charge in [0.25, 0.3) is 0 Å². The number of hydrogen-bond acceptors (Lipinski definition) is 0. The first-order valence-electron chi connectivity index (χ1n) is 14.8. The van der Waals surface area contributed by atoms with Crippen LogP contribution in [0.1, 0.15) is 79.7 Å². The second kappa shape index (κ2) is 9.94. The van der Waals surface area contributed by atoms with E-state index in [1.165, 1.54) is 95.0 Å². The summed E-state index contributed by atoms with van der Waals surface area (Å²) in [6.07, 6.45) is 19.1. The Kier molecular flexibility index (Phi) is 6.64. The molecule has 0 radical (unpaired) electrons. The van der Waals surface area contributed by atoms with Crippen molar-refractivity contribution in [2.75, 3.05) is 0 Å². The number of hydrogen-bond donors (Lipinski definition) is 0. The third-order valence-electron chi connectivity index (χ3n) is 10.3. The van der Waals surface area contributed by atoms with Gasteiger partial charge in [0.15, 0.2) is 0 Å². The molecule has 2 saturated carbocycles. The van der Waals surface area contributed by atoms with Crippen molar-refractivity contribution in [2.45, 2.75) is 78.6 Å². The monoisotopic (exact) mass is 488 g/mol. The third kappa shape index (κ3) is 4.73. The minimum atomic E-state index is 0.367. The summed E-state index contributed by atoms with van der Waals surface area (Å²) in [5, 5.41) is 0. The molecule has 5 atom stereocenters. The molecule has 0 aromatic heterocycles. The van der Waals surface area contributed by atoms with Crippen LogP contribution in [0.25, 0.3) is 17.2 Å². The van der Waals surface area contributed by atoms with Gasteiger partial charge in [-0.25, -0.2) is 0 Å². The molecule has 37 heavy (non-hydrogen) atoms. The Morgan fingerprint density at radius 3 is 2.43 bits per heavy atom. The van der Waals surface area contributed by atoms with E-state index in [0.717, 1.165) is 30.6 Å². The third-order valence-corrected chi connectivity index (χ3v) is 10.3. The van der Waals surface area contributed by atoms with E-state index in [1.807, 2.05) is 0 Å². The van der Waals surface area contributed by atoms with Gasteiger partial charge in [-0.1, -0.05) is 111 Å². The summed E-state index contributed by atoms with van der Waals surface area (Å²) in [7, 11) is 0. The number of aryl methyl sites for hydroxylation is 2. The SMILES string of the molecule is C=C1C=CC(C)C(=C)C1CC1=Cc2cccc(-c3cc(C)cc(C)c3CC3CC4CCCC[C@@H]4C3)c2C1. The fraction of sp³-hybridized carbons (Fsp3) is 0.459. The highest BCUT2D eigenvalue weighted by Gasteiger charge is 2.36. The second-order valence-electron chi connectivity index (χ2n) is 12.9. The van der Waals surface area contributed by atoms with Crippen molar-refractivity contribution in [3.8, 4) is 11.1 Å². The number of rotatable bonds is 5. The highest BCUT2D eigenvalue weighted by atomic mass is 14.4. The van der Waals surface area contributed by atoms with Crippen LogP contribution < -0.4 is 0 Å². The van der Waals surface area contributed by atoms with Gasteiger partial charge in [0, 0.05) is 5.92 Å². The maximum Gasteiger partial charge on any atom is 0.00826 e. The highest BCUT2D eigenvalue weighted by molar-refractivity contribution is 5.80. The van der Waals surface area contributed by atoms with Crippen molar-refractivity contribution in [1.82, 2.24) is 0 Å². The van der Waals surface area contributed by atoms with Crippen LogP contribution in [0, 0.1) is 43.4 Å². The zero-order chi connectivity index (χ0) is 25.7. The van der Waals surface area contributed by atoms with Crippen LogP contribution in [-0.4, -0.2) is 0 Å². The quantitative estimate of drug-likeness (QED) is 0.367. The summed E-state index contributed by atoms with van der Waals surface area (Å²) in [4.78, 5) is 0. The van der Waals surface area contributed by atoms with Gasteiger partial charge in [0.1, 0.15) is 0 Å². The molecule has 0 bridgehead atoms. The molecular formula is C37H44. The summed E-state index contributed by atoms with van der Waals surface area (Å²) >= 11 is 0.